The van der Waals surface area contributed by atoms with E-state index < -0.39 is 23.8 Å². The Morgan fingerprint density at radius 2 is 1.76 bits per heavy atom. The summed E-state index contributed by atoms with van der Waals surface area (Å²) in [5, 5.41) is 0. The van der Waals surface area contributed by atoms with Crippen LogP contribution in [0.1, 0.15) is 19.8 Å². The zero-order chi connectivity index (χ0) is 16.1. The molecule has 0 radical (unpaired) electrons. The van der Waals surface area contributed by atoms with E-state index in [1.807, 2.05) is 26.6 Å². The number of aldehydes is 1. The summed E-state index contributed by atoms with van der Waals surface area (Å²) in [5.74, 6) is -0.0220. The second kappa shape index (κ2) is 6.85. The molecule has 0 N–H and O–H groups in total. The highest BCUT2D eigenvalue weighted by atomic mass is 32.2. The molecule has 0 unspecified atom stereocenters. The molecule has 6 heteroatoms. The fourth-order valence-electron chi connectivity index (χ4n) is 2.21. The molecule has 0 bridgehead atoms. The topological polar surface area (TPSA) is 60.4 Å². The molecule has 0 fully saturated rings. The van der Waals surface area contributed by atoms with E-state index in [9.17, 15) is 13.2 Å². The summed E-state index contributed by atoms with van der Waals surface area (Å²) in [6, 6.07) is 8.37. The van der Waals surface area contributed by atoms with E-state index in [2.05, 4.69) is 0 Å². The summed E-state index contributed by atoms with van der Waals surface area (Å²) in [7, 11) is -5.21. The number of hydrogen-bond acceptors (Lipinski definition) is 4. The lowest BCUT2D eigenvalue weighted by molar-refractivity contribution is -0.111. The van der Waals surface area contributed by atoms with Gasteiger partial charge in [0.15, 0.2) is 18.2 Å². The maximum atomic E-state index is 12.3. The normalized spacial score (nSPS) is 15.4. The van der Waals surface area contributed by atoms with E-state index >= 15 is 0 Å². The van der Waals surface area contributed by atoms with Crippen LogP contribution in [-0.2, 0) is 19.1 Å². The largest absolute Gasteiger partial charge is 0.412 e. The van der Waals surface area contributed by atoms with Gasteiger partial charge in [-0.1, -0.05) is 18.2 Å². The van der Waals surface area contributed by atoms with Gasteiger partial charge in [-0.3, -0.25) is 0 Å². The molecule has 21 heavy (non-hydrogen) atoms. The standard InChI is InChI=1S/C15H24O4SSi/c1-15(10-12-16,19-21(2,3)4)11-13-20(17,18)14-8-6-5-7-9-14/h5-9,12H,10-11,13H2,1-4H3/t15-/m1/s1. The van der Waals surface area contributed by atoms with Gasteiger partial charge in [0, 0.05) is 6.42 Å². The fourth-order valence-corrected chi connectivity index (χ4v) is 5.38. The Morgan fingerprint density at radius 3 is 2.24 bits per heavy atom. The molecule has 0 aliphatic carbocycles. The molecule has 1 atom stereocenters. The maximum Gasteiger partial charge on any atom is 0.184 e. The van der Waals surface area contributed by atoms with Gasteiger partial charge in [0.1, 0.15) is 6.29 Å². The zero-order valence-corrected chi connectivity index (χ0v) is 14.9. The van der Waals surface area contributed by atoms with Crippen LogP contribution in [0.25, 0.3) is 0 Å². The molecule has 0 saturated carbocycles. The van der Waals surface area contributed by atoms with Crippen LogP contribution in [0.15, 0.2) is 35.2 Å². The molecular weight excluding hydrogens is 304 g/mol. The highest BCUT2D eigenvalue weighted by Crippen LogP contribution is 2.26. The van der Waals surface area contributed by atoms with Gasteiger partial charge >= 0.3 is 0 Å². The molecule has 0 aromatic heterocycles. The Morgan fingerprint density at radius 1 is 1.19 bits per heavy atom. The molecule has 0 aliphatic heterocycles. The first-order valence-electron chi connectivity index (χ1n) is 7.00. The smallest absolute Gasteiger partial charge is 0.184 e. The van der Waals surface area contributed by atoms with E-state index in [1.165, 1.54) is 0 Å². The van der Waals surface area contributed by atoms with Gasteiger partial charge in [-0.2, -0.15) is 0 Å². The number of hydrogen-bond donors (Lipinski definition) is 0. The monoisotopic (exact) mass is 328 g/mol. The van der Waals surface area contributed by atoms with E-state index in [4.69, 9.17) is 4.43 Å². The molecule has 118 valence electrons. The van der Waals surface area contributed by atoms with Crippen molar-refractivity contribution in [1.29, 1.82) is 0 Å². The van der Waals surface area contributed by atoms with Crippen LogP contribution in [0.5, 0.6) is 0 Å². The van der Waals surface area contributed by atoms with Crippen LogP contribution >= 0.6 is 0 Å². The van der Waals surface area contributed by atoms with E-state index in [0.717, 1.165) is 6.29 Å². The Bertz CT molecular complexity index is 563. The highest BCUT2D eigenvalue weighted by Gasteiger charge is 2.33. The molecule has 0 amide bonds. The number of benzene rings is 1. The van der Waals surface area contributed by atoms with Crippen LogP contribution in [0.3, 0.4) is 0 Å². The number of carbonyl (C=O) groups is 1. The van der Waals surface area contributed by atoms with Crippen LogP contribution in [0.2, 0.25) is 19.6 Å². The first kappa shape index (κ1) is 18.1. The lowest BCUT2D eigenvalue weighted by atomic mass is 10.0. The Kier molecular flexibility index (Phi) is 5.89. The van der Waals surface area contributed by atoms with Crippen molar-refractivity contribution in [2.75, 3.05) is 5.75 Å². The molecule has 1 aromatic rings. The van der Waals surface area contributed by atoms with Crippen LogP contribution in [-0.4, -0.2) is 34.4 Å². The summed E-state index contributed by atoms with van der Waals surface area (Å²) in [5.41, 5.74) is -0.714. The van der Waals surface area contributed by atoms with Gasteiger partial charge in [0.25, 0.3) is 0 Å². The van der Waals surface area contributed by atoms with Crippen molar-refractivity contribution in [3.8, 4) is 0 Å². The minimum Gasteiger partial charge on any atom is -0.412 e. The Labute approximate surface area is 128 Å². The minimum atomic E-state index is -3.35. The van der Waals surface area contributed by atoms with E-state index in [1.54, 1.807) is 30.3 Å². The number of carbonyl (C=O) groups excluding carboxylic acids is 1. The molecule has 0 saturated heterocycles. The summed E-state index contributed by atoms with van der Waals surface area (Å²) < 4.78 is 30.7. The number of sulfone groups is 1. The quantitative estimate of drug-likeness (QED) is 0.543. The average Bonchev–Trinajstić information content (AvgIpc) is 2.36. The molecule has 1 rings (SSSR count). The SMILES string of the molecule is C[C@@](CC=O)(CCS(=O)(=O)c1ccccc1)O[Si](C)(C)C. The third-order valence-electron chi connectivity index (χ3n) is 3.07. The van der Waals surface area contributed by atoms with Crippen molar-refractivity contribution >= 4 is 24.4 Å². The van der Waals surface area contributed by atoms with Crippen LogP contribution in [0.4, 0.5) is 0 Å². The van der Waals surface area contributed by atoms with Gasteiger partial charge in [-0.15, -0.1) is 0 Å². The van der Waals surface area contributed by atoms with Gasteiger partial charge < -0.3 is 9.22 Å². The van der Waals surface area contributed by atoms with Crippen LogP contribution < -0.4 is 0 Å². The molecule has 1 aromatic carbocycles. The molecular formula is C15H24O4SSi. The lowest BCUT2D eigenvalue weighted by Crippen LogP contribution is -2.42. The zero-order valence-electron chi connectivity index (χ0n) is 13.1. The lowest BCUT2D eigenvalue weighted by Gasteiger charge is -2.35. The summed E-state index contributed by atoms with van der Waals surface area (Å²) >= 11 is 0. The fraction of sp³-hybridized carbons (Fsp3) is 0.533. The third kappa shape index (κ3) is 6.11. The second-order valence-electron chi connectivity index (χ2n) is 6.42. The minimum absolute atomic E-state index is 0.0220. The second-order valence-corrected chi connectivity index (χ2v) is 13.0. The van der Waals surface area contributed by atoms with Crippen LogP contribution in [0, 0.1) is 0 Å². The number of rotatable bonds is 8. The Balaban J connectivity index is 2.84. The summed E-state index contributed by atoms with van der Waals surface area (Å²) in [6.45, 7) is 7.91. The predicted molar refractivity (Wildman–Crippen MR) is 86.6 cm³/mol. The molecule has 4 nitrogen and oxygen atoms in total. The average molecular weight is 329 g/mol. The van der Waals surface area contributed by atoms with Crippen molar-refractivity contribution in [3.05, 3.63) is 30.3 Å². The molecule has 0 spiro atoms. The summed E-state index contributed by atoms with van der Waals surface area (Å²) in [4.78, 5) is 11.2. The molecule has 0 aliphatic rings. The third-order valence-corrected chi connectivity index (χ3v) is 5.91. The first-order valence-corrected chi connectivity index (χ1v) is 12.1. The summed E-state index contributed by atoms with van der Waals surface area (Å²) in [6.07, 6.45) is 1.32. The highest BCUT2D eigenvalue weighted by molar-refractivity contribution is 7.91. The van der Waals surface area contributed by atoms with Gasteiger partial charge in [-0.05, 0) is 45.1 Å². The van der Waals surface area contributed by atoms with E-state index in [0.29, 0.717) is 11.3 Å². The van der Waals surface area contributed by atoms with E-state index in [-0.39, 0.29) is 12.2 Å². The van der Waals surface area contributed by atoms with Crippen molar-refractivity contribution in [3.63, 3.8) is 0 Å². The van der Waals surface area contributed by atoms with Crippen molar-refractivity contribution in [2.24, 2.45) is 0 Å². The Hall–Kier alpha value is -0.983. The predicted octanol–water partition coefficient (Wildman–Crippen LogP) is 3.05. The molecule has 0 heterocycles. The van der Waals surface area contributed by atoms with Gasteiger partial charge in [-0.25, -0.2) is 8.42 Å². The van der Waals surface area contributed by atoms with Crippen molar-refractivity contribution in [1.82, 2.24) is 0 Å². The first-order chi connectivity index (χ1) is 9.58. The maximum absolute atomic E-state index is 12.3. The van der Waals surface area contributed by atoms with Gasteiger partial charge in [0.2, 0.25) is 0 Å². The van der Waals surface area contributed by atoms with Crippen molar-refractivity contribution in [2.45, 2.75) is 49.9 Å². The van der Waals surface area contributed by atoms with Gasteiger partial charge in [0.05, 0.1) is 16.2 Å². The van der Waals surface area contributed by atoms with Crippen molar-refractivity contribution < 1.29 is 17.6 Å².